The lowest BCUT2D eigenvalue weighted by atomic mass is 10.2. The third-order valence-corrected chi connectivity index (χ3v) is 5.07. The highest BCUT2D eigenvalue weighted by Gasteiger charge is 2.24. The van der Waals surface area contributed by atoms with Crippen molar-refractivity contribution in [2.24, 2.45) is 0 Å². The zero-order valence-corrected chi connectivity index (χ0v) is 16.2. The minimum Gasteiger partial charge on any atom is -0.370 e. The molecule has 8 nitrogen and oxygen atoms in total. The van der Waals surface area contributed by atoms with Crippen molar-refractivity contribution in [3.05, 3.63) is 54.6 Å². The van der Waals surface area contributed by atoms with Crippen molar-refractivity contribution >= 4 is 17.3 Å². The molecule has 0 saturated carbocycles. The van der Waals surface area contributed by atoms with Gasteiger partial charge in [0.05, 0.1) is 24.3 Å². The molecule has 3 aromatic rings. The van der Waals surface area contributed by atoms with Crippen LogP contribution in [0.5, 0.6) is 0 Å². The van der Waals surface area contributed by atoms with Crippen LogP contribution in [0.1, 0.15) is 12.1 Å². The minimum atomic E-state index is -0.307. The van der Waals surface area contributed by atoms with Gasteiger partial charge in [0.15, 0.2) is 5.69 Å². The van der Waals surface area contributed by atoms with Gasteiger partial charge in [-0.3, -0.25) is 0 Å². The van der Waals surface area contributed by atoms with Crippen LogP contribution in [-0.2, 0) is 0 Å². The number of hydrogen-bond acceptors (Lipinski definition) is 7. The van der Waals surface area contributed by atoms with Gasteiger partial charge >= 0.3 is 0 Å². The van der Waals surface area contributed by atoms with Crippen LogP contribution in [0.25, 0.3) is 5.69 Å². The predicted octanol–water partition coefficient (Wildman–Crippen LogP) is 2.56. The smallest absolute Gasteiger partial charge is 0.158 e. The summed E-state index contributed by atoms with van der Waals surface area (Å²) < 4.78 is 16.4. The molecule has 148 valence electrons. The van der Waals surface area contributed by atoms with Crippen LogP contribution >= 0.6 is 0 Å². The van der Waals surface area contributed by atoms with Crippen LogP contribution in [0.2, 0.25) is 0 Å². The van der Waals surface area contributed by atoms with Crippen molar-refractivity contribution in [1.82, 2.24) is 24.4 Å². The summed E-state index contributed by atoms with van der Waals surface area (Å²) in [6.45, 7) is 1.82. The lowest BCUT2D eigenvalue weighted by Gasteiger charge is -2.22. The largest absolute Gasteiger partial charge is 0.370 e. The first-order valence-corrected chi connectivity index (χ1v) is 9.28. The summed E-state index contributed by atoms with van der Waals surface area (Å²) in [5.74, 6) is 0.647. The fourth-order valence-electron chi connectivity index (χ4n) is 3.40. The molecule has 0 bridgehead atoms. The maximum atomic E-state index is 14.8. The van der Waals surface area contributed by atoms with Gasteiger partial charge in [0.25, 0.3) is 0 Å². The number of imidazole rings is 1. The lowest BCUT2D eigenvalue weighted by molar-refractivity contribution is 0.315. The average Bonchev–Trinajstić information content (AvgIpc) is 3.38. The molecule has 9 heteroatoms. The maximum Gasteiger partial charge on any atom is 0.158 e. The summed E-state index contributed by atoms with van der Waals surface area (Å²) in [5.41, 5.74) is 1.55. The molecule has 1 fully saturated rings. The highest BCUT2D eigenvalue weighted by atomic mass is 19.1. The molecule has 1 aromatic carbocycles. The summed E-state index contributed by atoms with van der Waals surface area (Å²) in [7, 11) is 4.15. The van der Waals surface area contributed by atoms with E-state index in [-0.39, 0.29) is 11.5 Å². The molecule has 1 saturated heterocycles. The number of aromatic nitrogens is 4. The number of halogens is 1. The van der Waals surface area contributed by atoms with E-state index in [1.165, 1.54) is 18.7 Å². The number of nitrogens with zero attached hydrogens (tertiary/aromatic N) is 7. The van der Waals surface area contributed by atoms with E-state index >= 15 is 0 Å². The van der Waals surface area contributed by atoms with Gasteiger partial charge in [0.2, 0.25) is 0 Å². The Kier molecular flexibility index (Phi) is 5.10. The van der Waals surface area contributed by atoms with Crippen LogP contribution in [0.15, 0.2) is 43.1 Å². The second-order valence-electron chi connectivity index (χ2n) is 7.18. The number of benzene rings is 1. The molecule has 0 amide bonds. The Bertz CT molecular complexity index is 1040. The molecule has 29 heavy (non-hydrogen) atoms. The van der Waals surface area contributed by atoms with Crippen LogP contribution in [-0.4, -0.2) is 57.6 Å². The van der Waals surface area contributed by atoms with Gasteiger partial charge in [-0.05, 0) is 38.7 Å². The summed E-state index contributed by atoms with van der Waals surface area (Å²) in [4.78, 5) is 16.7. The lowest BCUT2D eigenvalue weighted by Crippen LogP contribution is -2.31. The highest BCUT2D eigenvalue weighted by Crippen LogP contribution is 2.26. The Morgan fingerprint density at radius 2 is 2.07 bits per heavy atom. The fraction of sp³-hybridized carbons (Fsp3) is 0.300. The Balaban J connectivity index is 1.48. The fourth-order valence-corrected chi connectivity index (χ4v) is 3.40. The molecule has 3 heterocycles. The summed E-state index contributed by atoms with van der Waals surface area (Å²) in [6.07, 6.45) is 7.11. The van der Waals surface area contributed by atoms with Gasteiger partial charge in [-0.2, -0.15) is 5.26 Å². The van der Waals surface area contributed by atoms with Crippen molar-refractivity contribution in [3.8, 4) is 11.8 Å². The van der Waals surface area contributed by atoms with E-state index in [2.05, 4.69) is 44.2 Å². The molecular formula is C20H21FN8. The van der Waals surface area contributed by atoms with Gasteiger partial charge in [-0.1, -0.05) is 0 Å². The molecule has 1 aliphatic rings. The Morgan fingerprint density at radius 3 is 2.72 bits per heavy atom. The summed E-state index contributed by atoms with van der Waals surface area (Å²) in [6, 6.07) is 7.69. The van der Waals surface area contributed by atoms with E-state index in [9.17, 15) is 4.39 Å². The molecule has 0 unspecified atom stereocenters. The van der Waals surface area contributed by atoms with Gasteiger partial charge in [0, 0.05) is 24.8 Å². The van der Waals surface area contributed by atoms with Crippen molar-refractivity contribution in [2.75, 3.05) is 37.4 Å². The van der Waals surface area contributed by atoms with Crippen molar-refractivity contribution < 1.29 is 4.39 Å². The molecule has 2 aromatic heterocycles. The Labute approximate surface area is 168 Å². The van der Waals surface area contributed by atoms with E-state index in [0.717, 1.165) is 25.2 Å². The molecule has 1 aliphatic heterocycles. The molecular weight excluding hydrogens is 371 g/mol. The monoisotopic (exact) mass is 392 g/mol. The van der Waals surface area contributed by atoms with Crippen LogP contribution in [0.3, 0.4) is 0 Å². The van der Waals surface area contributed by atoms with Gasteiger partial charge in [-0.15, -0.1) is 0 Å². The number of hydrogen-bond donors (Lipinski definition) is 1. The topological polar surface area (TPSA) is 85.9 Å². The molecule has 0 aliphatic carbocycles. The second kappa shape index (κ2) is 7.85. The molecule has 1 N–H and O–H groups in total. The zero-order chi connectivity index (χ0) is 20.4. The normalized spacial score (nSPS) is 16.2. The number of rotatable bonds is 5. The number of nitriles is 1. The third kappa shape index (κ3) is 4.02. The first kappa shape index (κ1) is 18.8. The quantitative estimate of drug-likeness (QED) is 0.714. The molecule has 0 radical (unpaired) electrons. The van der Waals surface area contributed by atoms with Crippen LogP contribution in [0.4, 0.5) is 21.7 Å². The zero-order valence-electron chi connectivity index (χ0n) is 16.2. The van der Waals surface area contributed by atoms with Crippen molar-refractivity contribution in [3.63, 3.8) is 0 Å². The summed E-state index contributed by atoms with van der Waals surface area (Å²) >= 11 is 0. The SMILES string of the molecule is CN(C)[C@@H]1CCN(c2ccc(-n3cnc(Nc4cnc(C#N)cn4)c3)c(F)c2)C1. The van der Waals surface area contributed by atoms with Crippen molar-refractivity contribution in [1.29, 1.82) is 5.26 Å². The van der Waals surface area contributed by atoms with E-state index in [1.807, 2.05) is 12.1 Å². The average molecular weight is 392 g/mol. The number of likely N-dealkylation sites (N-methyl/N-ethyl adjacent to an activating group) is 1. The van der Waals surface area contributed by atoms with E-state index in [4.69, 9.17) is 5.26 Å². The van der Waals surface area contributed by atoms with E-state index < -0.39 is 0 Å². The second-order valence-corrected chi connectivity index (χ2v) is 7.18. The Hall–Kier alpha value is -3.51. The molecule has 0 spiro atoms. The van der Waals surface area contributed by atoms with Crippen molar-refractivity contribution in [2.45, 2.75) is 12.5 Å². The van der Waals surface area contributed by atoms with Crippen LogP contribution in [0, 0.1) is 17.1 Å². The third-order valence-electron chi connectivity index (χ3n) is 5.07. The van der Waals surface area contributed by atoms with Gasteiger partial charge in [0.1, 0.15) is 29.8 Å². The first-order chi connectivity index (χ1) is 14.0. The Morgan fingerprint density at radius 1 is 1.21 bits per heavy atom. The standard InChI is InChI=1S/C20H21FN8/c1-27(2)16-5-6-28(11-16)15-3-4-18(17(21)7-15)29-12-20(25-13-29)26-19-10-23-14(8-22)9-24-19/h3-4,7,9-10,12-13,16H,5-6,11H2,1-2H3,(H,24,26)/t16-/m1/s1. The predicted molar refractivity (Wildman–Crippen MR) is 108 cm³/mol. The highest BCUT2D eigenvalue weighted by molar-refractivity contribution is 5.55. The number of nitrogens with one attached hydrogen (secondary N) is 1. The number of anilines is 3. The molecule has 4 rings (SSSR count). The summed E-state index contributed by atoms with van der Waals surface area (Å²) in [5, 5.41) is 11.8. The van der Waals surface area contributed by atoms with Gasteiger partial charge < -0.3 is 19.7 Å². The van der Waals surface area contributed by atoms with E-state index in [0.29, 0.717) is 23.4 Å². The maximum absolute atomic E-state index is 14.8. The minimum absolute atomic E-state index is 0.234. The van der Waals surface area contributed by atoms with Gasteiger partial charge in [-0.25, -0.2) is 19.3 Å². The first-order valence-electron chi connectivity index (χ1n) is 9.28. The van der Waals surface area contributed by atoms with Crippen LogP contribution < -0.4 is 10.2 Å². The van der Waals surface area contributed by atoms with E-state index in [1.54, 1.807) is 22.9 Å². The molecule has 1 atom stereocenters.